The molecule has 0 amide bonds. The molecule has 1 saturated heterocycles. The number of benzene rings is 1. The van der Waals surface area contributed by atoms with E-state index in [1.54, 1.807) is 11.1 Å². The van der Waals surface area contributed by atoms with E-state index in [0.29, 0.717) is 24.4 Å². The van der Waals surface area contributed by atoms with Gasteiger partial charge in [-0.25, -0.2) is 0 Å². The van der Waals surface area contributed by atoms with Gasteiger partial charge in [0.25, 0.3) is 0 Å². The summed E-state index contributed by atoms with van der Waals surface area (Å²) in [7, 11) is 0. The van der Waals surface area contributed by atoms with E-state index < -0.39 is 5.79 Å². The second-order valence-electron chi connectivity index (χ2n) is 11.7. The van der Waals surface area contributed by atoms with E-state index in [2.05, 4.69) is 43.3 Å². The molecule has 0 bridgehead atoms. The van der Waals surface area contributed by atoms with Crippen LogP contribution in [0.3, 0.4) is 0 Å². The lowest BCUT2D eigenvalue weighted by Crippen LogP contribution is -2.53. The third kappa shape index (κ3) is 4.53. The highest BCUT2D eigenvalue weighted by molar-refractivity contribution is 5.37. The van der Waals surface area contributed by atoms with E-state index in [1.807, 2.05) is 0 Å². The van der Waals surface area contributed by atoms with Crippen molar-refractivity contribution in [2.24, 2.45) is 23.2 Å². The SMILES string of the molecule is C[C@]12CC[C@@H]3c4ccccc4C[C@@H](CCCCCCCCCCCO)[C@H]3[C@@H]1C=CC21OCCO1. The first kappa shape index (κ1) is 24.5. The van der Waals surface area contributed by atoms with E-state index in [1.165, 1.54) is 77.0 Å². The average molecular weight is 467 g/mol. The molecule has 2 fully saturated rings. The molecule has 3 aliphatic carbocycles. The smallest absolute Gasteiger partial charge is 0.193 e. The third-order valence-corrected chi connectivity index (χ3v) is 9.84. The molecule has 34 heavy (non-hydrogen) atoms. The van der Waals surface area contributed by atoms with Crippen molar-refractivity contribution in [3.63, 3.8) is 0 Å². The fraction of sp³-hybridized carbons (Fsp3) is 0.742. The van der Waals surface area contributed by atoms with Gasteiger partial charge in [0.1, 0.15) is 0 Å². The van der Waals surface area contributed by atoms with E-state index >= 15 is 0 Å². The highest BCUT2D eigenvalue weighted by Gasteiger charge is 2.63. The van der Waals surface area contributed by atoms with E-state index in [-0.39, 0.29) is 5.41 Å². The molecular formula is C31H46O3. The quantitative estimate of drug-likeness (QED) is 0.277. The Balaban J connectivity index is 1.21. The topological polar surface area (TPSA) is 38.7 Å². The van der Waals surface area contributed by atoms with Gasteiger partial charge in [-0.1, -0.05) is 88.6 Å². The van der Waals surface area contributed by atoms with Crippen molar-refractivity contribution in [3.05, 3.63) is 47.5 Å². The van der Waals surface area contributed by atoms with Crippen molar-refractivity contribution in [1.82, 2.24) is 0 Å². The van der Waals surface area contributed by atoms with Crippen molar-refractivity contribution in [2.75, 3.05) is 19.8 Å². The minimum absolute atomic E-state index is 0.0746. The Morgan fingerprint density at radius 3 is 2.32 bits per heavy atom. The van der Waals surface area contributed by atoms with Crippen LogP contribution >= 0.6 is 0 Å². The highest BCUT2D eigenvalue weighted by atomic mass is 16.7. The number of aliphatic hydroxyl groups excluding tert-OH is 1. The Morgan fingerprint density at radius 2 is 1.59 bits per heavy atom. The molecule has 1 spiro atoms. The highest BCUT2D eigenvalue weighted by Crippen LogP contribution is 2.65. The van der Waals surface area contributed by atoms with E-state index in [4.69, 9.17) is 14.6 Å². The van der Waals surface area contributed by atoms with Crippen LogP contribution in [0.25, 0.3) is 0 Å². The van der Waals surface area contributed by atoms with E-state index in [9.17, 15) is 0 Å². The van der Waals surface area contributed by atoms with Crippen molar-refractivity contribution in [1.29, 1.82) is 0 Å². The molecule has 1 aromatic carbocycles. The summed E-state index contributed by atoms with van der Waals surface area (Å²) in [5.74, 6) is 2.25. The zero-order valence-electron chi connectivity index (χ0n) is 21.4. The minimum Gasteiger partial charge on any atom is -0.396 e. The maximum atomic E-state index is 8.90. The monoisotopic (exact) mass is 466 g/mol. The normalized spacial score (nSPS) is 33.1. The number of unbranched alkanes of at least 4 members (excludes halogenated alkanes) is 8. The van der Waals surface area contributed by atoms with E-state index in [0.717, 1.165) is 25.6 Å². The minimum atomic E-state index is -0.471. The summed E-state index contributed by atoms with van der Waals surface area (Å²) in [5, 5.41) is 8.90. The Kier molecular flexibility index (Phi) is 7.83. The molecule has 0 unspecified atom stereocenters. The van der Waals surface area contributed by atoms with Gasteiger partial charge in [0.05, 0.1) is 13.2 Å². The van der Waals surface area contributed by atoms with Crippen LogP contribution in [0.15, 0.2) is 36.4 Å². The second-order valence-corrected chi connectivity index (χ2v) is 11.7. The molecule has 5 atom stereocenters. The summed E-state index contributed by atoms with van der Waals surface area (Å²) in [6.07, 6.45) is 21.5. The molecule has 1 aromatic rings. The average Bonchev–Trinajstić information content (AvgIpc) is 3.45. The van der Waals surface area contributed by atoms with Crippen LogP contribution in [0.5, 0.6) is 0 Å². The van der Waals surface area contributed by atoms with Gasteiger partial charge in [-0.2, -0.15) is 0 Å². The van der Waals surface area contributed by atoms with Crippen LogP contribution in [0.2, 0.25) is 0 Å². The fourth-order valence-corrected chi connectivity index (χ4v) is 8.05. The Morgan fingerprint density at radius 1 is 0.912 bits per heavy atom. The second kappa shape index (κ2) is 10.8. The van der Waals surface area contributed by atoms with Gasteiger partial charge in [0.2, 0.25) is 0 Å². The molecule has 3 heteroatoms. The third-order valence-electron chi connectivity index (χ3n) is 9.84. The lowest BCUT2D eigenvalue weighted by molar-refractivity contribution is -0.218. The zero-order valence-corrected chi connectivity index (χ0v) is 21.4. The standard InChI is InChI=1S/C31H46O3/c1-30-18-16-27-26-15-11-10-13-24(26)23-25(14-9-7-5-3-2-4-6-8-12-20-32)29(27)28(30)17-19-31(30)33-21-22-34-31/h10-11,13,15,17,19,25,27-29,32H,2-9,12,14,16,18,20-23H2,1H3/t25-,27-,28+,29-,30+/m1/s1. The summed E-state index contributed by atoms with van der Waals surface area (Å²) in [4.78, 5) is 0. The van der Waals surface area contributed by atoms with Crippen LogP contribution in [0, 0.1) is 23.2 Å². The van der Waals surface area contributed by atoms with Crippen LogP contribution < -0.4 is 0 Å². The van der Waals surface area contributed by atoms with Gasteiger partial charge >= 0.3 is 0 Å². The lowest BCUT2D eigenvalue weighted by Gasteiger charge is -2.55. The van der Waals surface area contributed by atoms with Gasteiger partial charge < -0.3 is 14.6 Å². The number of ether oxygens (including phenoxy) is 2. The lowest BCUT2D eigenvalue weighted by atomic mass is 9.51. The van der Waals surface area contributed by atoms with Gasteiger partial charge in [-0.05, 0) is 73.0 Å². The maximum absolute atomic E-state index is 8.90. The van der Waals surface area contributed by atoms with Crippen LogP contribution in [0.1, 0.15) is 101 Å². The molecule has 0 radical (unpaired) electrons. The number of fused-ring (bicyclic) bond motifs is 6. The van der Waals surface area contributed by atoms with Crippen molar-refractivity contribution in [2.45, 2.75) is 102 Å². The molecule has 188 valence electrons. The molecule has 4 aliphatic rings. The summed E-state index contributed by atoms with van der Waals surface area (Å²) in [6.45, 7) is 4.27. The molecule has 1 aliphatic heterocycles. The maximum Gasteiger partial charge on any atom is 0.193 e. The number of rotatable bonds is 11. The molecule has 1 saturated carbocycles. The van der Waals surface area contributed by atoms with Gasteiger partial charge in [0, 0.05) is 12.0 Å². The summed E-state index contributed by atoms with van der Waals surface area (Å²) in [5.41, 5.74) is 3.32. The largest absolute Gasteiger partial charge is 0.396 e. The first-order valence-electron chi connectivity index (χ1n) is 14.3. The number of allylic oxidation sites excluding steroid dienone is 1. The molecule has 1 heterocycles. The Bertz CT molecular complexity index is 826. The first-order valence-corrected chi connectivity index (χ1v) is 14.3. The van der Waals surface area contributed by atoms with Crippen molar-refractivity contribution < 1.29 is 14.6 Å². The molecule has 3 nitrogen and oxygen atoms in total. The summed E-state index contributed by atoms with van der Waals surface area (Å²) < 4.78 is 12.6. The van der Waals surface area contributed by atoms with Crippen molar-refractivity contribution >= 4 is 0 Å². The Labute approximate surface area is 207 Å². The van der Waals surface area contributed by atoms with Crippen LogP contribution in [-0.2, 0) is 15.9 Å². The van der Waals surface area contributed by atoms with Gasteiger partial charge in [0.15, 0.2) is 5.79 Å². The van der Waals surface area contributed by atoms with Gasteiger partial charge in [-0.3, -0.25) is 0 Å². The predicted molar refractivity (Wildman–Crippen MR) is 138 cm³/mol. The number of hydrogen-bond donors (Lipinski definition) is 1. The molecular weight excluding hydrogens is 420 g/mol. The number of hydrogen-bond acceptors (Lipinski definition) is 3. The predicted octanol–water partition coefficient (Wildman–Crippen LogP) is 7.18. The fourth-order valence-electron chi connectivity index (χ4n) is 8.05. The zero-order chi connectivity index (χ0) is 23.4. The Hall–Kier alpha value is -1.16. The number of aliphatic hydroxyl groups is 1. The van der Waals surface area contributed by atoms with Crippen LogP contribution in [0.4, 0.5) is 0 Å². The molecule has 5 rings (SSSR count). The van der Waals surface area contributed by atoms with Crippen LogP contribution in [-0.4, -0.2) is 30.7 Å². The summed E-state index contributed by atoms with van der Waals surface area (Å²) >= 11 is 0. The molecule has 0 aromatic heterocycles. The van der Waals surface area contributed by atoms with Crippen molar-refractivity contribution in [3.8, 4) is 0 Å². The molecule has 1 N–H and O–H groups in total. The first-order chi connectivity index (χ1) is 16.7. The summed E-state index contributed by atoms with van der Waals surface area (Å²) in [6, 6.07) is 9.32. The van der Waals surface area contributed by atoms with Gasteiger partial charge in [-0.15, -0.1) is 0 Å².